The molecule has 3 fully saturated rings. The molecule has 11 heteroatoms. The lowest BCUT2D eigenvalue weighted by molar-refractivity contribution is -0.128. The predicted octanol–water partition coefficient (Wildman–Crippen LogP) is 3.42. The second kappa shape index (κ2) is 13.3. The Labute approximate surface area is 278 Å². The zero-order valence-electron chi connectivity index (χ0n) is 28.0. The van der Waals surface area contributed by atoms with Gasteiger partial charge in [0.1, 0.15) is 5.82 Å². The van der Waals surface area contributed by atoms with Crippen molar-refractivity contribution in [2.75, 3.05) is 87.8 Å². The quantitative estimate of drug-likeness (QED) is 0.359. The molecular formula is C36H48N8O3. The Morgan fingerprint density at radius 3 is 2.68 bits per heavy atom. The van der Waals surface area contributed by atoms with Gasteiger partial charge < -0.3 is 34.0 Å². The van der Waals surface area contributed by atoms with Crippen LogP contribution in [0.25, 0.3) is 0 Å². The summed E-state index contributed by atoms with van der Waals surface area (Å²) >= 11 is 0. The lowest BCUT2D eigenvalue weighted by atomic mass is 10.0. The molecule has 2 saturated heterocycles. The molecule has 2 aromatic rings. The maximum Gasteiger partial charge on any atom is 0.318 e. The molecule has 0 spiro atoms. The van der Waals surface area contributed by atoms with E-state index in [4.69, 9.17) is 19.4 Å². The van der Waals surface area contributed by atoms with E-state index in [0.717, 1.165) is 88.3 Å². The van der Waals surface area contributed by atoms with E-state index < -0.39 is 0 Å². The molecule has 0 radical (unpaired) electrons. The molecule has 11 nitrogen and oxygen atoms in total. The second-order valence-electron chi connectivity index (χ2n) is 14.1. The normalized spacial score (nSPS) is 22.4. The van der Waals surface area contributed by atoms with Gasteiger partial charge in [-0.25, -0.2) is 0 Å². The number of ether oxygens (including phenoxy) is 2. The number of likely N-dealkylation sites (N-methyl/N-ethyl adjacent to an activating group) is 1. The lowest BCUT2D eigenvalue weighted by Crippen LogP contribution is -2.55. The van der Waals surface area contributed by atoms with Crippen LogP contribution in [0.2, 0.25) is 0 Å². The van der Waals surface area contributed by atoms with Crippen LogP contribution in [0.3, 0.4) is 0 Å². The Morgan fingerprint density at radius 1 is 1.11 bits per heavy atom. The van der Waals surface area contributed by atoms with Crippen molar-refractivity contribution in [2.24, 2.45) is 5.41 Å². The summed E-state index contributed by atoms with van der Waals surface area (Å²) in [5, 5.41) is 9.61. The highest BCUT2D eigenvalue weighted by Crippen LogP contribution is 2.47. The Balaban J connectivity index is 1.15. The van der Waals surface area contributed by atoms with E-state index in [1.54, 1.807) is 4.90 Å². The van der Waals surface area contributed by atoms with Crippen molar-refractivity contribution < 1.29 is 14.3 Å². The van der Waals surface area contributed by atoms with Gasteiger partial charge in [-0.3, -0.25) is 4.79 Å². The number of likely N-dealkylation sites (tertiary alicyclic amines) is 1. The standard InChI is InChI=1S/C36H48N8O3/c1-4-32(45)44-21-20-43(22-27(44)8-15-37)34-29-12-19-42(31-7-5-6-26-9-16-40(2)33(26)31)23-30(29)38-35(39-34)47-25-36(13-14-36)24-41-17-10-28(46-3)11-18-41/h4-7,27-28H,1,8-14,16-25H2,2-3H3. The Morgan fingerprint density at radius 2 is 1.94 bits per heavy atom. The number of nitrogens with zero attached hydrogens (tertiary/aromatic N) is 8. The van der Waals surface area contributed by atoms with Gasteiger partial charge in [0.25, 0.3) is 0 Å². The molecule has 7 rings (SSSR count). The summed E-state index contributed by atoms with van der Waals surface area (Å²) in [6.45, 7) is 11.7. The van der Waals surface area contributed by atoms with Gasteiger partial charge in [-0.2, -0.15) is 15.2 Å². The highest BCUT2D eigenvalue weighted by Gasteiger charge is 2.45. The van der Waals surface area contributed by atoms with Crippen molar-refractivity contribution in [1.82, 2.24) is 19.8 Å². The number of piperidine rings is 1. The minimum Gasteiger partial charge on any atom is -0.463 e. The van der Waals surface area contributed by atoms with Gasteiger partial charge >= 0.3 is 6.01 Å². The monoisotopic (exact) mass is 640 g/mol. The van der Waals surface area contributed by atoms with Crippen LogP contribution < -0.4 is 19.4 Å². The van der Waals surface area contributed by atoms with E-state index in [1.165, 1.54) is 23.0 Å². The lowest BCUT2D eigenvalue weighted by Gasteiger charge is -2.42. The number of amides is 1. The number of rotatable bonds is 10. The van der Waals surface area contributed by atoms with E-state index in [-0.39, 0.29) is 23.8 Å². The number of para-hydroxylation sites is 1. The molecule has 5 heterocycles. The fraction of sp³-hybridized carbons (Fsp3) is 0.611. The number of benzene rings is 1. The second-order valence-corrected chi connectivity index (χ2v) is 14.1. The fourth-order valence-electron chi connectivity index (χ4n) is 8.05. The van der Waals surface area contributed by atoms with Crippen LogP contribution in [-0.2, 0) is 28.9 Å². The van der Waals surface area contributed by atoms with Gasteiger partial charge in [0.15, 0.2) is 0 Å². The first-order valence-corrected chi connectivity index (χ1v) is 17.3. The van der Waals surface area contributed by atoms with Crippen molar-refractivity contribution in [1.29, 1.82) is 5.26 Å². The van der Waals surface area contributed by atoms with E-state index in [0.29, 0.717) is 44.9 Å². The van der Waals surface area contributed by atoms with Crippen molar-refractivity contribution in [3.05, 3.63) is 47.7 Å². The van der Waals surface area contributed by atoms with E-state index in [2.05, 4.69) is 57.5 Å². The molecular weight excluding hydrogens is 592 g/mol. The molecule has 250 valence electrons. The summed E-state index contributed by atoms with van der Waals surface area (Å²) in [6, 6.07) is 9.15. The maximum absolute atomic E-state index is 12.6. The predicted molar refractivity (Wildman–Crippen MR) is 182 cm³/mol. The Hall–Kier alpha value is -3.88. The first kappa shape index (κ1) is 31.7. The summed E-state index contributed by atoms with van der Waals surface area (Å²) in [4.78, 5) is 34.2. The van der Waals surface area contributed by atoms with E-state index in [9.17, 15) is 10.1 Å². The third-order valence-corrected chi connectivity index (χ3v) is 11.0. The number of anilines is 3. The molecule has 4 aliphatic heterocycles. The number of hydrogen-bond donors (Lipinski definition) is 0. The number of piperazine rings is 1. The van der Waals surface area contributed by atoms with E-state index >= 15 is 0 Å². The van der Waals surface area contributed by atoms with Crippen molar-refractivity contribution in [3.8, 4) is 12.1 Å². The number of fused-ring (bicyclic) bond motifs is 2. The Kier molecular flexibility index (Phi) is 8.99. The van der Waals surface area contributed by atoms with Crippen LogP contribution in [0.4, 0.5) is 17.2 Å². The van der Waals surface area contributed by atoms with Gasteiger partial charge in [-0.05, 0) is 56.2 Å². The van der Waals surface area contributed by atoms with Crippen LogP contribution in [0, 0.1) is 16.7 Å². The number of nitriles is 1. The first-order chi connectivity index (χ1) is 22.9. The smallest absolute Gasteiger partial charge is 0.318 e. The van der Waals surface area contributed by atoms with Gasteiger partial charge in [-0.15, -0.1) is 0 Å². The zero-order valence-corrected chi connectivity index (χ0v) is 28.0. The average molecular weight is 641 g/mol. The van der Waals surface area contributed by atoms with Crippen LogP contribution in [0.1, 0.15) is 48.9 Å². The number of hydrogen-bond acceptors (Lipinski definition) is 10. The zero-order chi connectivity index (χ0) is 32.5. The van der Waals surface area contributed by atoms with Crippen LogP contribution >= 0.6 is 0 Å². The third kappa shape index (κ3) is 6.50. The molecule has 5 aliphatic rings. The van der Waals surface area contributed by atoms with Crippen LogP contribution in [0.15, 0.2) is 30.9 Å². The third-order valence-electron chi connectivity index (χ3n) is 11.0. The maximum atomic E-state index is 12.6. The number of carbonyl (C=O) groups is 1. The largest absolute Gasteiger partial charge is 0.463 e. The summed E-state index contributed by atoms with van der Waals surface area (Å²) in [6.07, 6.45) is 8.35. The van der Waals surface area contributed by atoms with Crippen molar-refractivity contribution in [2.45, 2.75) is 63.6 Å². The molecule has 47 heavy (non-hydrogen) atoms. The van der Waals surface area contributed by atoms with Crippen LogP contribution in [0.5, 0.6) is 6.01 Å². The van der Waals surface area contributed by atoms with Crippen molar-refractivity contribution in [3.63, 3.8) is 0 Å². The van der Waals surface area contributed by atoms with E-state index in [1.807, 2.05) is 7.11 Å². The minimum atomic E-state index is -0.228. The van der Waals surface area contributed by atoms with Gasteiger partial charge in [0.2, 0.25) is 5.91 Å². The molecule has 0 N–H and O–H groups in total. The molecule has 1 aromatic carbocycles. The van der Waals surface area contributed by atoms with Gasteiger partial charge in [0.05, 0.1) is 54.9 Å². The molecule has 0 bridgehead atoms. The summed E-state index contributed by atoms with van der Waals surface area (Å²) < 4.78 is 12.1. The summed E-state index contributed by atoms with van der Waals surface area (Å²) in [5.74, 6) is 0.760. The number of methoxy groups -OCH3 is 1. The highest BCUT2D eigenvalue weighted by atomic mass is 16.5. The number of carbonyl (C=O) groups excluding carboxylic acids is 1. The molecule has 1 aromatic heterocycles. The number of aromatic nitrogens is 2. The Bertz CT molecular complexity index is 1530. The highest BCUT2D eigenvalue weighted by molar-refractivity contribution is 5.87. The minimum absolute atomic E-state index is 0.129. The molecule has 1 unspecified atom stereocenters. The first-order valence-electron chi connectivity index (χ1n) is 17.3. The molecule has 1 atom stereocenters. The summed E-state index contributed by atoms with van der Waals surface area (Å²) in [5.41, 5.74) is 6.29. The van der Waals surface area contributed by atoms with Crippen LogP contribution in [-0.4, -0.2) is 111 Å². The summed E-state index contributed by atoms with van der Waals surface area (Å²) in [7, 11) is 4.00. The van der Waals surface area contributed by atoms with Crippen molar-refractivity contribution >= 4 is 23.1 Å². The van der Waals surface area contributed by atoms with Gasteiger partial charge in [0, 0.05) is 77.5 Å². The molecule has 1 saturated carbocycles. The SMILES string of the molecule is C=CC(=O)N1CCN(c2nc(OCC3(CN4CCC(OC)CC4)CC3)nc3c2CCN(c2cccc4c2N(C)CC4)C3)CC1CC#N. The molecule has 1 amide bonds. The topological polar surface area (TPSA) is 101 Å². The average Bonchev–Trinajstić information content (AvgIpc) is 3.77. The fourth-order valence-corrected chi connectivity index (χ4v) is 8.05. The van der Waals surface area contributed by atoms with Gasteiger partial charge in [-0.1, -0.05) is 18.7 Å². The molecule has 1 aliphatic carbocycles.